The Balaban J connectivity index is -0.0000000800. The van der Waals surface area contributed by atoms with Crippen LogP contribution in [-0.4, -0.2) is 5.88 Å². The summed E-state index contributed by atoms with van der Waals surface area (Å²) in [5.74, 6) is 0.753. The van der Waals surface area contributed by atoms with Crippen molar-refractivity contribution in [2.45, 2.75) is 12.8 Å². The summed E-state index contributed by atoms with van der Waals surface area (Å²) in [4.78, 5) is 0. The predicted octanol–water partition coefficient (Wildman–Crippen LogP) is 2.41. The fraction of sp³-hybridized carbons (Fsp3) is 0.750. The molecule has 0 aromatic carbocycles. The maximum Gasteiger partial charge on any atom is 0.0199 e. The molecule has 0 N–H and O–H groups in total. The molecule has 0 rings (SSSR count). The van der Waals surface area contributed by atoms with E-state index in [0.717, 1.165) is 18.7 Å². The topological polar surface area (TPSA) is 0 Å². The quantitative estimate of drug-likeness (QED) is 0.393. The number of hydrogen-bond donors (Lipinski definition) is 0. The van der Waals surface area contributed by atoms with Crippen LogP contribution >= 0.6 is 28.6 Å². The fourth-order valence-corrected chi connectivity index (χ4v) is 0.283. The molecule has 0 bridgehead atoms. The SMILES string of the molecule is Br.[CH2-]CCCCl.[Zn]. The summed E-state index contributed by atoms with van der Waals surface area (Å²) in [6.07, 6.45) is 2.01. The van der Waals surface area contributed by atoms with Gasteiger partial charge in [-0.3, -0.25) is 0 Å². The first-order valence-electron chi connectivity index (χ1n) is 1.77. The molecule has 0 heterocycles. The molecule has 0 nitrogen and oxygen atoms in total. The van der Waals surface area contributed by atoms with E-state index in [0.29, 0.717) is 0 Å². The molecule has 0 aliphatic heterocycles. The van der Waals surface area contributed by atoms with E-state index >= 15 is 0 Å². The average Bonchev–Trinajstić information content (AvgIpc) is 1.41. The summed E-state index contributed by atoms with van der Waals surface area (Å²) in [5, 5.41) is 0. The van der Waals surface area contributed by atoms with Gasteiger partial charge in [0.1, 0.15) is 0 Å². The molecule has 0 atom stereocenters. The van der Waals surface area contributed by atoms with E-state index in [1.54, 1.807) is 0 Å². The van der Waals surface area contributed by atoms with Crippen LogP contribution in [0.1, 0.15) is 12.8 Å². The van der Waals surface area contributed by atoms with Crippen molar-refractivity contribution in [2.24, 2.45) is 0 Å². The van der Waals surface area contributed by atoms with Crippen molar-refractivity contribution in [3.63, 3.8) is 0 Å². The van der Waals surface area contributed by atoms with Gasteiger partial charge in [0.2, 0.25) is 0 Å². The normalized spacial score (nSPS) is 6.00. The second-order valence-electron chi connectivity index (χ2n) is 0.896. The molecule has 0 saturated heterocycles. The van der Waals surface area contributed by atoms with Crippen LogP contribution in [0.25, 0.3) is 0 Å². The van der Waals surface area contributed by atoms with E-state index in [4.69, 9.17) is 11.6 Å². The Morgan fingerprint density at radius 1 is 1.43 bits per heavy atom. The third-order valence-electron chi connectivity index (χ3n) is 0.384. The number of unbranched alkanes of at least 4 members (excludes halogenated alkanes) is 1. The Kier molecular flexibility index (Phi) is 35.3. The average molecular weight is 238 g/mol. The van der Waals surface area contributed by atoms with Crippen molar-refractivity contribution >= 4 is 28.6 Å². The molecule has 0 aliphatic carbocycles. The minimum atomic E-state index is 0. The molecule has 0 unspecified atom stereocenters. The molecule has 7 heavy (non-hydrogen) atoms. The number of halogens is 2. The van der Waals surface area contributed by atoms with E-state index < -0.39 is 0 Å². The smallest absolute Gasteiger partial charge is 0.0199 e. The third-order valence-corrected chi connectivity index (χ3v) is 0.651. The van der Waals surface area contributed by atoms with Gasteiger partial charge in [-0.2, -0.15) is 6.42 Å². The van der Waals surface area contributed by atoms with Gasteiger partial charge in [-0.15, -0.1) is 28.6 Å². The van der Waals surface area contributed by atoms with Crippen LogP contribution in [0.4, 0.5) is 0 Å². The standard InChI is InChI=1S/C4H8Cl.BrH.Zn/c1-2-3-4-5;;/h1-4H2;1H;/q-1;;. The van der Waals surface area contributed by atoms with Crippen LogP contribution in [0.5, 0.6) is 0 Å². The van der Waals surface area contributed by atoms with Crippen LogP contribution in [0.15, 0.2) is 0 Å². The van der Waals surface area contributed by atoms with Crippen molar-refractivity contribution in [3.8, 4) is 0 Å². The Morgan fingerprint density at radius 2 is 1.86 bits per heavy atom. The molecule has 0 aromatic rings. The Labute approximate surface area is 73.5 Å². The second-order valence-corrected chi connectivity index (χ2v) is 1.27. The molecule has 0 amide bonds. The summed E-state index contributed by atoms with van der Waals surface area (Å²) in [6, 6.07) is 0. The minimum Gasteiger partial charge on any atom is -0.343 e. The summed E-state index contributed by atoms with van der Waals surface area (Å²) < 4.78 is 0. The van der Waals surface area contributed by atoms with Gasteiger partial charge < -0.3 is 6.92 Å². The molecule has 0 aliphatic rings. The van der Waals surface area contributed by atoms with Crippen LogP contribution in [0.3, 0.4) is 0 Å². The summed E-state index contributed by atoms with van der Waals surface area (Å²) in [5.41, 5.74) is 0. The van der Waals surface area contributed by atoms with Gasteiger partial charge in [0.15, 0.2) is 0 Å². The van der Waals surface area contributed by atoms with Gasteiger partial charge >= 0.3 is 0 Å². The van der Waals surface area contributed by atoms with Gasteiger partial charge in [0.25, 0.3) is 0 Å². The van der Waals surface area contributed by atoms with Crippen molar-refractivity contribution in [3.05, 3.63) is 6.92 Å². The Bertz CT molecular complexity index is 19.2. The summed E-state index contributed by atoms with van der Waals surface area (Å²) in [6.45, 7) is 3.59. The van der Waals surface area contributed by atoms with Gasteiger partial charge in [-0.25, -0.2) is 0 Å². The van der Waals surface area contributed by atoms with E-state index in [1.807, 2.05) is 0 Å². The molecule has 3 heteroatoms. The maximum atomic E-state index is 5.26. The zero-order valence-corrected chi connectivity index (χ0v) is 9.76. The van der Waals surface area contributed by atoms with E-state index in [9.17, 15) is 0 Å². The molecular formula is C4H9BrClZn-. The first-order chi connectivity index (χ1) is 2.41. The zero-order valence-electron chi connectivity index (χ0n) is 4.32. The van der Waals surface area contributed by atoms with Gasteiger partial charge in [0.05, 0.1) is 0 Å². The zero-order chi connectivity index (χ0) is 4.12. The summed E-state index contributed by atoms with van der Waals surface area (Å²) >= 11 is 5.26. The van der Waals surface area contributed by atoms with Gasteiger partial charge in [-0.05, 0) is 0 Å². The molecule has 0 fully saturated rings. The van der Waals surface area contributed by atoms with E-state index in [2.05, 4.69) is 6.92 Å². The number of hydrogen-bond acceptors (Lipinski definition) is 0. The molecular weight excluding hydrogens is 229 g/mol. The molecule has 0 radical (unpaired) electrons. The van der Waals surface area contributed by atoms with Crippen molar-refractivity contribution < 1.29 is 19.5 Å². The van der Waals surface area contributed by atoms with E-state index in [1.165, 1.54) is 0 Å². The summed E-state index contributed by atoms with van der Waals surface area (Å²) in [7, 11) is 0. The van der Waals surface area contributed by atoms with Crippen LogP contribution in [-0.2, 0) is 19.5 Å². The molecule has 0 saturated carbocycles. The van der Waals surface area contributed by atoms with Crippen LogP contribution in [0, 0.1) is 6.92 Å². The number of rotatable bonds is 2. The second kappa shape index (κ2) is 15.7. The number of alkyl halides is 1. The van der Waals surface area contributed by atoms with Gasteiger partial charge in [0, 0.05) is 25.4 Å². The van der Waals surface area contributed by atoms with Crippen molar-refractivity contribution in [2.75, 3.05) is 5.88 Å². The van der Waals surface area contributed by atoms with Crippen LogP contribution < -0.4 is 0 Å². The van der Waals surface area contributed by atoms with Gasteiger partial charge in [-0.1, -0.05) is 6.42 Å². The first-order valence-corrected chi connectivity index (χ1v) is 2.30. The predicted molar refractivity (Wildman–Crippen MR) is 35.6 cm³/mol. The van der Waals surface area contributed by atoms with Crippen molar-refractivity contribution in [1.82, 2.24) is 0 Å². The maximum absolute atomic E-state index is 5.26. The Hall–Kier alpha value is 1.39. The largest absolute Gasteiger partial charge is 0.343 e. The van der Waals surface area contributed by atoms with E-state index in [-0.39, 0.29) is 36.5 Å². The molecule has 0 aromatic heterocycles. The van der Waals surface area contributed by atoms with Crippen molar-refractivity contribution in [1.29, 1.82) is 0 Å². The molecule has 0 spiro atoms. The monoisotopic (exact) mass is 235 g/mol. The molecule has 42 valence electrons. The fourth-order valence-electron chi connectivity index (χ4n) is 0.0945. The van der Waals surface area contributed by atoms with Crippen LogP contribution in [0.2, 0.25) is 0 Å². The first kappa shape index (κ1) is 15.8. The third kappa shape index (κ3) is 18.7. The minimum absolute atomic E-state index is 0. The Morgan fingerprint density at radius 3 is 1.86 bits per heavy atom.